The summed E-state index contributed by atoms with van der Waals surface area (Å²) in [7, 11) is 0.675. The first-order valence-corrected chi connectivity index (χ1v) is 11.0. The van der Waals surface area contributed by atoms with E-state index in [1.54, 1.807) is 26.8 Å². The third-order valence-electron chi connectivity index (χ3n) is 6.05. The first-order chi connectivity index (χ1) is 15.1. The Balaban J connectivity index is 1.75. The van der Waals surface area contributed by atoms with Crippen LogP contribution in [0.2, 0.25) is 0 Å². The topological polar surface area (TPSA) is 99.2 Å². The molecule has 0 unspecified atom stereocenters. The predicted octanol–water partition coefficient (Wildman–Crippen LogP) is 2.08. The summed E-state index contributed by atoms with van der Waals surface area (Å²) in [6, 6.07) is 0.673. The van der Waals surface area contributed by atoms with Crippen molar-refractivity contribution in [1.82, 2.24) is 15.2 Å². The van der Waals surface area contributed by atoms with E-state index in [4.69, 9.17) is 18.8 Å². The van der Waals surface area contributed by atoms with Gasteiger partial charge in [-0.25, -0.2) is 14.2 Å². The number of methoxy groups -OCH3 is 1. The van der Waals surface area contributed by atoms with Gasteiger partial charge >= 0.3 is 13.2 Å². The fourth-order valence-corrected chi connectivity index (χ4v) is 3.52. The van der Waals surface area contributed by atoms with Gasteiger partial charge in [-0.3, -0.25) is 4.79 Å². The number of nitrogens with zero attached hydrogens (tertiary/aromatic N) is 2. The number of ether oxygens (including phenoxy) is 2. The van der Waals surface area contributed by atoms with Crippen LogP contribution in [0.25, 0.3) is 0 Å². The molecule has 1 N–H and O–H groups in total. The molecule has 1 aromatic heterocycles. The van der Waals surface area contributed by atoms with Crippen molar-refractivity contribution in [3.05, 3.63) is 17.8 Å². The molecule has 3 rings (SSSR count). The van der Waals surface area contributed by atoms with Crippen LogP contribution in [0.15, 0.2) is 12.3 Å². The van der Waals surface area contributed by atoms with Gasteiger partial charge in [0.1, 0.15) is 17.3 Å². The summed E-state index contributed by atoms with van der Waals surface area (Å²) >= 11 is 0. The number of carbonyl (C=O) groups excluding carboxylic acids is 2. The minimum atomic E-state index is -1.44. The number of alkyl halides is 1. The van der Waals surface area contributed by atoms with Crippen LogP contribution >= 0.6 is 0 Å². The zero-order valence-electron chi connectivity index (χ0n) is 20.5. The molecule has 33 heavy (non-hydrogen) atoms. The molecule has 2 amide bonds. The van der Waals surface area contributed by atoms with E-state index in [2.05, 4.69) is 10.3 Å². The molecule has 0 spiro atoms. The highest BCUT2D eigenvalue weighted by molar-refractivity contribution is 6.62. The maximum atomic E-state index is 14.6. The van der Waals surface area contributed by atoms with E-state index in [0.29, 0.717) is 5.46 Å². The molecule has 0 bridgehead atoms. The van der Waals surface area contributed by atoms with Gasteiger partial charge < -0.3 is 29.0 Å². The number of aromatic nitrogens is 1. The molecule has 2 saturated heterocycles. The van der Waals surface area contributed by atoms with Crippen molar-refractivity contribution in [3.8, 4) is 5.88 Å². The number of amides is 2. The maximum absolute atomic E-state index is 14.6. The lowest BCUT2D eigenvalue weighted by Crippen LogP contribution is -2.43. The Bertz CT molecular complexity index is 904. The zero-order chi connectivity index (χ0) is 24.8. The fourth-order valence-electron chi connectivity index (χ4n) is 3.52. The van der Waals surface area contributed by atoms with Gasteiger partial charge in [-0.05, 0) is 54.5 Å². The molecule has 0 aliphatic carbocycles. The number of halogens is 1. The summed E-state index contributed by atoms with van der Waals surface area (Å²) < 4.78 is 37.2. The van der Waals surface area contributed by atoms with Gasteiger partial charge in [0.05, 0.1) is 30.9 Å². The van der Waals surface area contributed by atoms with E-state index in [1.807, 2.05) is 27.7 Å². The van der Waals surface area contributed by atoms with Crippen LogP contribution in [0.4, 0.5) is 9.18 Å². The Labute approximate surface area is 194 Å². The first-order valence-electron chi connectivity index (χ1n) is 11.0. The number of rotatable bonds is 4. The smallest absolute Gasteiger partial charge is 0.480 e. The van der Waals surface area contributed by atoms with E-state index in [9.17, 15) is 14.0 Å². The van der Waals surface area contributed by atoms with Crippen molar-refractivity contribution < 1.29 is 32.8 Å². The molecule has 2 aliphatic rings. The number of hydrogen-bond acceptors (Lipinski definition) is 7. The zero-order valence-corrected chi connectivity index (χ0v) is 20.5. The third kappa shape index (κ3) is 5.41. The summed E-state index contributed by atoms with van der Waals surface area (Å²) in [6.07, 6.45) is -0.536. The lowest BCUT2D eigenvalue weighted by atomic mass is 9.79. The average molecular weight is 465 g/mol. The van der Waals surface area contributed by atoms with Gasteiger partial charge in [0.15, 0.2) is 0 Å². The lowest BCUT2D eigenvalue weighted by molar-refractivity contribution is 0.00578. The summed E-state index contributed by atoms with van der Waals surface area (Å²) in [5, 5.41) is 2.65. The van der Waals surface area contributed by atoms with Crippen LogP contribution in [-0.2, 0) is 14.0 Å². The van der Waals surface area contributed by atoms with E-state index in [-0.39, 0.29) is 24.5 Å². The number of nitrogens with one attached hydrogen (secondary N) is 1. The average Bonchev–Trinajstić information content (AvgIpc) is 3.15. The third-order valence-corrected chi connectivity index (χ3v) is 6.05. The van der Waals surface area contributed by atoms with Crippen molar-refractivity contribution in [2.75, 3.05) is 20.2 Å². The van der Waals surface area contributed by atoms with Gasteiger partial charge in [0, 0.05) is 18.2 Å². The molecular formula is C22H33BFN3O6. The largest absolute Gasteiger partial charge is 0.496 e. The van der Waals surface area contributed by atoms with E-state index < -0.39 is 48.1 Å². The number of hydrogen-bond donors (Lipinski definition) is 1. The van der Waals surface area contributed by atoms with Crippen molar-refractivity contribution in [3.63, 3.8) is 0 Å². The molecule has 2 aliphatic heterocycles. The molecule has 2 atom stereocenters. The van der Waals surface area contributed by atoms with Gasteiger partial charge in [-0.2, -0.15) is 0 Å². The van der Waals surface area contributed by atoms with Gasteiger partial charge in [0.2, 0.25) is 5.88 Å². The minimum absolute atomic E-state index is 0.00548. The minimum Gasteiger partial charge on any atom is -0.480 e. The lowest BCUT2D eigenvalue weighted by Gasteiger charge is -2.32. The molecule has 1 aromatic rings. The van der Waals surface area contributed by atoms with Crippen LogP contribution in [-0.4, -0.2) is 78.2 Å². The molecule has 2 fully saturated rings. The Kier molecular flexibility index (Phi) is 6.69. The molecule has 3 heterocycles. The molecular weight excluding hydrogens is 432 g/mol. The van der Waals surface area contributed by atoms with Crippen LogP contribution in [0, 0.1) is 0 Å². The Morgan fingerprint density at radius 3 is 2.36 bits per heavy atom. The second-order valence-electron chi connectivity index (χ2n) is 10.4. The summed E-state index contributed by atoms with van der Waals surface area (Å²) in [6.45, 7) is 12.7. The fraction of sp³-hybridized carbons (Fsp3) is 0.682. The Morgan fingerprint density at radius 2 is 1.82 bits per heavy atom. The predicted molar refractivity (Wildman–Crippen MR) is 120 cm³/mol. The number of pyridine rings is 1. The Morgan fingerprint density at radius 1 is 1.21 bits per heavy atom. The normalized spacial score (nSPS) is 24.0. The molecule has 11 heteroatoms. The van der Waals surface area contributed by atoms with Gasteiger partial charge in [-0.1, -0.05) is 0 Å². The van der Waals surface area contributed by atoms with Crippen LogP contribution < -0.4 is 15.5 Å². The summed E-state index contributed by atoms with van der Waals surface area (Å²) in [5.74, 6) is -0.485. The second-order valence-corrected chi connectivity index (χ2v) is 10.4. The van der Waals surface area contributed by atoms with Gasteiger partial charge in [0.25, 0.3) is 5.91 Å². The summed E-state index contributed by atoms with van der Waals surface area (Å²) in [4.78, 5) is 30.8. The second kappa shape index (κ2) is 8.75. The van der Waals surface area contributed by atoms with Crippen molar-refractivity contribution in [1.29, 1.82) is 0 Å². The van der Waals surface area contributed by atoms with Crippen molar-refractivity contribution >= 4 is 24.6 Å². The van der Waals surface area contributed by atoms with Crippen LogP contribution in [0.3, 0.4) is 0 Å². The molecule has 0 saturated carbocycles. The molecule has 9 nitrogen and oxygen atoms in total. The summed E-state index contributed by atoms with van der Waals surface area (Å²) in [5.41, 5.74) is -1.16. The molecule has 182 valence electrons. The number of likely N-dealkylation sites (tertiary alicyclic amines) is 1. The van der Waals surface area contributed by atoms with Crippen molar-refractivity contribution in [2.45, 2.75) is 77.5 Å². The monoisotopic (exact) mass is 465 g/mol. The quantitative estimate of drug-likeness (QED) is 0.680. The van der Waals surface area contributed by atoms with Crippen LogP contribution in [0.5, 0.6) is 5.88 Å². The molecule has 0 aromatic carbocycles. The highest BCUT2D eigenvalue weighted by Crippen LogP contribution is 2.36. The number of carbonyl (C=O) groups is 2. The highest BCUT2D eigenvalue weighted by atomic mass is 19.1. The van der Waals surface area contributed by atoms with E-state index >= 15 is 0 Å². The SMILES string of the molecule is COc1ncc(B2OC(C)(C)C(C)(C)O2)cc1C(=O)N[C@@H]1CN(C(=O)OC(C)(C)C)C[C@@H]1F. The standard InChI is InChI=1S/C22H33BFN3O6/c1-20(2,3)31-19(29)27-11-15(24)16(12-27)26-17(28)14-9-13(10-25-18(14)30-8)23-32-21(4,5)22(6,7)33-23/h9-10,15-16H,11-12H2,1-8H3,(H,26,28)/t15-,16+/m0/s1. The first kappa shape index (κ1) is 25.2. The highest BCUT2D eigenvalue weighted by Gasteiger charge is 2.52. The molecule has 0 radical (unpaired) electrons. The van der Waals surface area contributed by atoms with Gasteiger partial charge in [-0.15, -0.1) is 0 Å². The maximum Gasteiger partial charge on any atom is 0.496 e. The van der Waals surface area contributed by atoms with Crippen molar-refractivity contribution in [2.24, 2.45) is 0 Å². The van der Waals surface area contributed by atoms with Crippen LogP contribution in [0.1, 0.15) is 58.8 Å². The van der Waals surface area contributed by atoms with E-state index in [1.165, 1.54) is 18.2 Å². The Hall–Kier alpha value is -2.40. The van der Waals surface area contributed by atoms with E-state index in [0.717, 1.165) is 0 Å².